The van der Waals surface area contributed by atoms with Crippen LogP contribution >= 0.6 is 11.3 Å². The standard InChI is InChI=1S/C27H24FN5O2S/c1-17-4-2-13-33-24(17)31-25-22(27(33)35)16-21(23(29)32(25)14-11-20-5-3-15-36-20)26(34)30-12-10-18-6-8-19(28)9-7-18/h2-9,13,15-16,29H,10-12,14H2,1H3,(H,30,34). The Balaban J connectivity index is 1.55. The Morgan fingerprint density at radius 1 is 1.11 bits per heavy atom. The fourth-order valence-corrected chi connectivity index (χ4v) is 4.93. The summed E-state index contributed by atoms with van der Waals surface area (Å²) in [5.74, 6) is -0.755. The molecule has 0 saturated heterocycles. The maximum atomic E-state index is 13.4. The van der Waals surface area contributed by atoms with Crippen LogP contribution in [0.2, 0.25) is 0 Å². The minimum Gasteiger partial charge on any atom is -0.352 e. The van der Waals surface area contributed by atoms with Gasteiger partial charge >= 0.3 is 0 Å². The minimum absolute atomic E-state index is 0.00294. The van der Waals surface area contributed by atoms with E-state index in [0.29, 0.717) is 37.2 Å². The third-order valence-corrected chi connectivity index (χ3v) is 7.09. The number of benzene rings is 1. The summed E-state index contributed by atoms with van der Waals surface area (Å²) in [7, 11) is 0. The number of rotatable bonds is 7. The van der Waals surface area contributed by atoms with Crippen molar-refractivity contribution in [1.82, 2.24) is 19.3 Å². The lowest BCUT2D eigenvalue weighted by molar-refractivity contribution is 0.0951. The fraction of sp³-hybridized carbons (Fsp3) is 0.185. The van der Waals surface area contributed by atoms with Crippen LogP contribution in [0.15, 0.2) is 71.0 Å². The number of nitrogens with one attached hydrogen (secondary N) is 2. The van der Waals surface area contributed by atoms with Crippen LogP contribution in [0.25, 0.3) is 16.7 Å². The maximum absolute atomic E-state index is 13.4. The third kappa shape index (κ3) is 4.57. The first-order valence-electron chi connectivity index (χ1n) is 11.6. The van der Waals surface area contributed by atoms with Crippen LogP contribution in [0.4, 0.5) is 4.39 Å². The summed E-state index contributed by atoms with van der Waals surface area (Å²) in [5, 5.41) is 14.0. The molecule has 2 N–H and O–H groups in total. The summed E-state index contributed by atoms with van der Waals surface area (Å²) in [6.45, 7) is 2.60. The second-order valence-electron chi connectivity index (χ2n) is 8.56. The lowest BCUT2D eigenvalue weighted by atomic mass is 10.1. The zero-order valence-electron chi connectivity index (χ0n) is 19.6. The van der Waals surface area contributed by atoms with Crippen molar-refractivity contribution in [1.29, 1.82) is 5.41 Å². The molecule has 0 atom stereocenters. The molecule has 0 bridgehead atoms. The molecule has 0 aliphatic rings. The highest BCUT2D eigenvalue weighted by atomic mass is 32.1. The fourth-order valence-electron chi connectivity index (χ4n) is 4.23. The molecule has 0 aliphatic carbocycles. The van der Waals surface area contributed by atoms with Gasteiger partial charge in [-0.05, 0) is 66.6 Å². The molecule has 7 nitrogen and oxygen atoms in total. The number of hydrogen-bond acceptors (Lipinski definition) is 5. The zero-order chi connectivity index (χ0) is 25.2. The smallest absolute Gasteiger partial charge is 0.267 e. The van der Waals surface area contributed by atoms with Gasteiger partial charge in [0.05, 0.1) is 10.9 Å². The van der Waals surface area contributed by atoms with E-state index in [0.717, 1.165) is 16.0 Å². The molecule has 0 unspecified atom stereocenters. The molecular formula is C27H24FN5O2S. The number of fused-ring (bicyclic) bond motifs is 2. The van der Waals surface area contributed by atoms with E-state index in [-0.39, 0.29) is 27.8 Å². The highest BCUT2D eigenvalue weighted by Crippen LogP contribution is 2.15. The Hall–Kier alpha value is -4.11. The van der Waals surface area contributed by atoms with Gasteiger partial charge in [0.1, 0.15) is 22.6 Å². The van der Waals surface area contributed by atoms with Crippen molar-refractivity contribution in [2.45, 2.75) is 26.3 Å². The van der Waals surface area contributed by atoms with Gasteiger partial charge in [-0.1, -0.05) is 24.3 Å². The number of carbonyl (C=O) groups excluding carboxylic acids is 1. The van der Waals surface area contributed by atoms with E-state index >= 15 is 0 Å². The number of aromatic nitrogens is 3. The van der Waals surface area contributed by atoms with E-state index in [1.54, 1.807) is 40.3 Å². The van der Waals surface area contributed by atoms with Crippen LogP contribution in [0.5, 0.6) is 0 Å². The van der Waals surface area contributed by atoms with E-state index in [2.05, 4.69) is 5.32 Å². The van der Waals surface area contributed by atoms with Crippen LogP contribution < -0.4 is 16.4 Å². The van der Waals surface area contributed by atoms with Crippen molar-refractivity contribution in [3.05, 3.63) is 109 Å². The predicted octanol–water partition coefficient (Wildman–Crippen LogP) is 3.85. The van der Waals surface area contributed by atoms with Crippen LogP contribution in [0.3, 0.4) is 0 Å². The second kappa shape index (κ2) is 9.87. The van der Waals surface area contributed by atoms with Crippen molar-refractivity contribution < 1.29 is 9.18 Å². The maximum Gasteiger partial charge on any atom is 0.267 e. The molecule has 0 spiro atoms. The number of carbonyl (C=O) groups is 1. The molecule has 1 aromatic carbocycles. The molecule has 0 fully saturated rings. The Morgan fingerprint density at radius 2 is 1.92 bits per heavy atom. The molecule has 0 saturated carbocycles. The monoisotopic (exact) mass is 501 g/mol. The van der Waals surface area contributed by atoms with Gasteiger partial charge in [0.2, 0.25) is 0 Å². The molecule has 0 aliphatic heterocycles. The van der Waals surface area contributed by atoms with Crippen LogP contribution in [-0.4, -0.2) is 26.4 Å². The number of pyridine rings is 2. The summed E-state index contributed by atoms with van der Waals surface area (Å²) in [6.07, 6.45) is 2.82. The Kier molecular flexibility index (Phi) is 6.47. The number of hydrogen-bond donors (Lipinski definition) is 2. The first kappa shape index (κ1) is 23.6. The largest absolute Gasteiger partial charge is 0.352 e. The molecule has 4 aromatic heterocycles. The Morgan fingerprint density at radius 3 is 2.67 bits per heavy atom. The summed E-state index contributed by atoms with van der Waals surface area (Å²) in [4.78, 5) is 32.5. The molecule has 9 heteroatoms. The molecule has 5 aromatic rings. The van der Waals surface area contributed by atoms with Crippen LogP contribution in [0.1, 0.15) is 26.4 Å². The Labute approximate surface area is 210 Å². The van der Waals surface area contributed by atoms with Gasteiger partial charge in [-0.2, -0.15) is 0 Å². The van der Waals surface area contributed by atoms with Gasteiger partial charge in [-0.25, -0.2) is 9.37 Å². The van der Waals surface area contributed by atoms with Crippen molar-refractivity contribution in [3.8, 4) is 0 Å². The third-order valence-electron chi connectivity index (χ3n) is 6.15. The first-order chi connectivity index (χ1) is 17.4. The van der Waals surface area contributed by atoms with Gasteiger partial charge in [0.25, 0.3) is 11.5 Å². The molecule has 182 valence electrons. The van der Waals surface area contributed by atoms with Gasteiger partial charge in [0, 0.05) is 24.2 Å². The molecule has 5 rings (SSSR count). The first-order valence-corrected chi connectivity index (χ1v) is 12.5. The Bertz CT molecular complexity index is 1690. The minimum atomic E-state index is -0.442. The topological polar surface area (TPSA) is 92.3 Å². The van der Waals surface area contributed by atoms with E-state index in [1.807, 2.05) is 30.5 Å². The molecule has 1 amide bonds. The lowest BCUT2D eigenvalue weighted by Gasteiger charge is -2.15. The van der Waals surface area contributed by atoms with Crippen molar-refractivity contribution in [2.75, 3.05) is 6.54 Å². The van der Waals surface area contributed by atoms with E-state index in [1.165, 1.54) is 22.6 Å². The van der Waals surface area contributed by atoms with Gasteiger partial charge < -0.3 is 9.88 Å². The highest BCUT2D eigenvalue weighted by molar-refractivity contribution is 7.09. The number of halogens is 1. The number of thiophene rings is 1. The van der Waals surface area contributed by atoms with Crippen molar-refractivity contribution in [3.63, 3.8) is 0 Å². The summed E-state index contributed by atoms with van der Waals surface area (Å²) in [6, 6.07) is 15.2. The van der Waals surface area contributed by atoms with E-state index < -0.39 is 5.91 Å². The normalized spacial score (nSPS) is 11.3. The predicted molar refractivity (Wildman–Crippen MR) is 138 cm³/mol. The molecular weight excluding hydrogens is 477 g/mol. The number of nitrogens with zero attached hydrogens (tertiary/aromatic N) is 3. The average Bonchev–Trinajstić information content (AvgIpc) is 3.39. The van der Waals surface area contributed by atoms with E-state index in [9.17, 15) is 14.0 Å². The molecule has 4 heterocycles. The van der Waals surface area contributed by atoms with Gasteiger partial charge in [-0.15, -0.1) is 11.3 Å². The molecule has 0 radical (unpaired) electrons. The molecule has 36 heavy (non-hydrogen) atoms. The summed E-state index contributed by atoms with van der Waals surface area (Å²) >= 11 is 1.62. The highest BCUT2D eigenvalue weighted by Gasteiger charge is 2.18. The number of amides is 1. The SMILES string of the molecule is Cc1cccn2c(=O)c3cc(C(=O)NCCc4ccc(F)cc4)c(=N)n(CCc4cccs4)c3nc12. The lowest BCUT2D eigenvalue weighted by Crippen LogP contribution is -2.36. The number of aryl methyl sites for hydroxylation is 3. The van der Waals surface area contributed by atoms with Gasteiger partial charge in [-0.3, -0.25) is 19.4 Å². The second-order valence-corrected chi connectivity index (χ2v) is 9.59. The van der Waals surface area contributed by atoms with Crippen LogP contribution in [-0.2, 0) is 19.4 Å². The van der Waals surface area contributed by atoms with Crippen LogP contribution in [0, 0.1) is 18.2 Å². The zero-order valence-corrected chi connectivity index (χ0v) is 20.4. The average molecular weight is 502 g/mol. The quantitative estimate of drug-likeness (QED) is 0.332. The van der Waals surface area contributed by atoms with Gasteiger partial charge in [0.15, 0.2) is 0 Å². The van der Waals surface area contributed by atoms with E-state index in [4.69, 9.17) is 10.4 Å². The van der Waals surface area contributed by atoms with Crippen molar-refractivity contribution in [2.24, 2.45) is 0 Å². The summed E-state index contributed by atoms with van der Waals surface area (Å²) in [5.41, 5.74) is 2.47. The van der Waals surface area contributed by atoms with Crippen molar-refractivity contribution >= 4 is 33.9 Å². The summed E-state index contributed by atoms with van der Waals surface area (Å²) < 4.78 is 16.3.